The van der Waals surface area contributed by atoms with E-state index in [4.69, 9.17) is 9.47 Å². The second-order valence-electron chi connectivity index (χ2n) is 14.0. The Morgan fingerprint density at radius 2 is 1.27 bits per heavy atom. The Morgan fingerprint density at radius 1 is 0.577 bits per heavy atom. The maximum atomic E-state index is 6.81. The molecule has 52 heavy (non-hydrogen) atoms. The van der Waals surface area contributed by atoms with Crippen LogP contribution in [0.2, 0.25) is 0 Å². The van der Waals surface area contributed by atoms with Crippen molar-refractivity contribution in [1.29, 1.82) is 0 Å². The quantitative estimate of drug-likeness (QED) is 0.203. The summed E-state index contributed by atoms with van der Waals surface area (Å²) in [7, 11) is 0. The van der Waals surface area contributed by atoms with Gasteiger partial charge in [0.25, 0.3) is 0 Å². The van der Waals surface area contributed by atoms with Crippen LogP contribution < -0.4 is 14.8 Å². The highest BCUT2D eigenvalue weighted by Crippen LogP contribution is 2.62. The van der Waals surface area contributed by atoms with Gasteiger partial charge in [0.2, 0.25) is 0 Å². The van der Waals surface area contributed by atoms with E-state index in [9.17, 15) is 0 Å². The molecule has 248 valence electrons. The highest BCUT2D eigenvalue weighted by Gasteiger charge is 2.50. The summed E-state index contributed by atoms with van der Waals surface area (Å²) < 4.78 is 16.0. The van der Waals surface area contributed by atoms with Crippen LogP contribution in [-0.4, -0.2) is 11.1 Å². The van der Waals surface area contributed by atoms with Crippen LogP contribution in [0.25, 0.3) is 33.9 Å². The highest BCUT2D eigenvalue weighted by atomic mass is 16.5. The number of rotatable bonds is 3. The molecule has 1 N–H and O–H groups in total. The summed E-state index contributed by atoms with van der Waals surface area (Å²) in [4.78, 5) is 0. The molecule has 1 spiro atoms. The smallest absolute Gasteiger partial charge is 0.132 e. The summed E-state index contributed by atoms with van der Waals surface area (Å²) in [6, 6.07) is 50.1. The first kappa shape index (κ1) is 29.2. The van der Waals surface area contributed by atoms with Crippen LogP contribution in [-0.2, 0) is 11.8 Å². The Bertz CT molecular complexity index is 2680. The van der Waals surface area contributed by atoms with Crippen molar-refractivity contribution in [3.63, 3.8) is 0 Å². The molecule has 1 aliphatic carbocycles. The molecule has 4 aliphatic rings. The van der Waals surface area contributed by atoms with Crippen molar-refractivity contribution in [2.24, 2.45) is 0 Å². The molecule has 4 heteroatoms. The molecule has 0 bridgehead atoms. The van der Waals surface area contributed by atoms with Crippen LogP contribution in [0.5, 0.6) is 23.0 Å². The average Bonchev–Trinajstić information content (AvgIpc) is 3.55. The van der Waals surface area contributed by atoms with Gasteiger partial charge in [-0.15, -0.1) is 0 Å². The van der Waals surface area contributed by atoms with E-state index in [1.165, 1.54) is 39.0 Å². The third-order valence-electron chi connectivity index (χ3n) is 11.3. The Labute approximate surface area is 302 Å². The van der Waals surface area contributed by atoms with Gasteiger partial charge in [0.05, 0.1) is 16.6 Å². The number of fused-ring (bicyclic) bond motifs is 11. The van der Waals surface area contributed by atoms with Crippen LogP contribution in [0, 0.1) is 0 Å². The third-order valence-corrected chi connectivity index (χ3v) is 11.3. The zero-order chi connectivity index (χ0) is 34.2. The monoisotopic (exact) mass is 670 g/mol. The lowest BCUT2D eigenvalue weighted by atomic mass is 9.62. The summed E-state index contributed by atoms with van der Waals surface area (Å²) in [5.41, 5.74) is 13.6. The number of hydrogen-bond donors (Lipinski definition) is 1. The number of hydrogen-bond acceptors (Lipinski definition) is 3. The number of allylic oxidation sites excluding steroid dienone is 3. The molecular formula is C48H34N2O2. The molecule has 3 aliphatic heterocycles. The second-order valence-corrected chi connectivity index (χ2v) is 14.0. The van der Waals surface area contributed by atoms with Crippen molar-refractivity contribution in [3.8, 4) is 28.7 Å². The summed E-state index contributed by atoms with van der Waals surface area (Å²) in [6.45, 7) is 0.806. The normalized spacial score (nSPS) is 17.7. The number of nitrogens with one attached hydrogen (secondary N) is 1. The van der Waals surface area contributed by atoms with E-state index < -0.39 is 5.41 Å². The fourth-order valence-electron chi connectivity index (χ4n) is 9.01. The van der Waals surface area contributed by atoms with E-state index in [0.717, 1.165) is 75.9 Å². The second kappa shape index (κ2) is 11.2. The van der Waals surface area contributed by atoms with Crippen molar-refractivity contribution in [2.75, 3.05) is 6.54 Å². The molecule has 6 aromatic carbocycles. The van der Waals surface area contributed by atoms with E-state index >= 15 is 0 Å². The number of nitrogens with zero attached hydrogens (tertiary/aromatic N) is 1. The van der Waals surface area contributed by atoms with Gasteiger partial charge >= 0.3 is 0 Å². The van der Waals surface area contributed by atoms with Crippen molar-refractivity contribution >= 4 is 28.2 Å². The molecule has 0 saturated carbocycles. The van der Waals surface area contributed by atoms with Gasteiger partial charge in [0, 0.05) is 51.1 Å². The number of aryl methyl sites for hydroxylation is 1. The van der Waals surface area contributed by atoms with E-state index in [-0.39, 0.29) is 0 Å². The fraction of sp³-hybridized carbons (Fsp3) is 0.0833. The molecule has 7 aromatic rings. The van der Waals surface area contributed by atoms with Gasteiger partial charge in [0.1, 0.15) is 23.0 Å². The van der Waals surface area contributed by atoms with E-state index in [0.29, 0.717) is 0 Å². The standard InChI is InChI=1S/C48H34N2O2/c1-2-12-34(13-3-1)50-42-18-7-4-14-35(42)36-24-21-32(29-43(36)50)31-23-26-46-40(28-31)48(37-15-5-8-19-44(37)51-46)38-16-6-9-20-45(38)52-47-30-33(22-25-39(47)48)41-17-10-11-27-49-41/h1-20,22-23,25-26,28-30,49H,21,24,27H2. The van der Waals surface area contributed by atoms with Crippen molar-refractivity contribution < 1.29 is 9.47 Å². The van der Waals surface area contributed by atoms with Crippen molar-refractivity contribution in [2.45, 2.75) is 18.3 Å². The van der Waals surface area contributed by atoms with Gasteiger partial charge in [-0.2, -0.15) is 0 Å². The van der Waals surface area contributed by atoms with Crippen LogP contribution in [0.1, 0.15) is 51.1 Å². The molecule has 0 fully saturated rings. The van der Waals surface area contributed by atoms with Gasteiger partial charge in [-0.1, -0.05) is 103 Å². The molecule has 1 atom stereocenters. The number of para-hydroxylation sites is 4. The highest BCUT2D eigenvalue weighted by molar-refractivity contribution is 5.96. The average molecular weight is 671 g/mol. The zero-order valence-electron chi connectivity index (χ0n) is 28.5. The van der Waals surface area contributed by atoms with Gasteiger partial charge in [0.15, 0.2) is 0 Å². The Kier molecular flexibility index (Phi) is 6.32. The van der Waals surface area contributed by atoms with Gasteiger partial charge < -0.3 is 19.4 Å². The SMILES string of the molecule is C1=CCNC(c2ccc3c(c2)Oc2ccccc2C32c3ccccc3Oc3ccc(C4=Cc5c(c6ccccc6n5-c5ccccc5)CC4)cc32)=C1. The molecule has 1 aromatic heterocycles. The first-order valence-electron chi connectivity index (χ1n) is 18.1. The molecule has 4 heterocycles. The summed E-state index contributed by atoms with van der Waals surface area (Å²) in [5, 5.41) is 4.86. The van der Waals surface area contributed by atoms with Crippen LogP contribution in [0.4, 0.5) is 0 Å². The maximum absolute atomic E-state index is 6.81. The minimum Gasteiger partial charge on any atom is -0.457 e. The largest absolute Gasteiger partial charge is 0.457 e. The van der Waals surface area contributed by atoms with Gasteiger partial charge in [-0.3, -0.25) is 0 Å². The minimum atomic E-state index is -0.656. The van der Waals surface area contributed by atoms with E-state index in [1.807, 2.05) is 0 Å². The lowest BCUT2D eigenvalue weighted by molar-refractivity contribution is 0.399. The van der Waals surface area contributed by atoms with Gasteiger partial charge in [-0.25, -0.2) is 0 Å². The number of benzene rings is 6. The first-order chi connectivity index (χ1) is 25.8. The zero-order valence-corrected chi connectivity index (χ0v) is 28.5. The Hall–Kier alpha value is -6.52. The lowest BCUT2D eigenvalue weighted by Gasteiger charge is -2.45. The molecule has 4 nitrogen and oxygen atoms in total. The third kappa shape index (κ3) is 4.15. The molecule has 0 saturated heterocycles. The van der Waals surface area contributed by atoms with E-state index in [2.05, 4.69) is 174 Å². The number of aromatic nitrogens is 1. The van der Waals surface area contributed by atoms with Crippen LogP contribution >= 0.6 is 0 Å². The van der Waals surface area contributed by atoms with Crippen LogP contribution in [0.3, 0.4) is 0 Å². The number of dihydropyridines is 1. The topological polar surface area (TPSA) is 35.4 Å². The van der Waals surface area contributed by atoms with Crippen LogP contribution in [0.15, 0.2) is 158 Å². The number of ether oxygens (including phenoxy) is 2. The van der Waals surface area contributed by atoms with Gasteiger partial charge in [-0.05, 0) is 90.2 Å². The molecular weight excluding hydrogens is 637 g/mol. The molecule has 1 unspecified atom stereocenters. The van der Waals surface area contributed by atoms with E-state index in [1.54, 1.807) is 0 Å². The Morgan fingerprint density at radius 3 is 2.08 bits per heavy atom. The summed E-state index contributed by atoms with van der Waals surface area (Å²) in [6.07, 6.45) is 10.7. The van der Waals surface area contributed by atoms with Crippen molar-refractivity contribution in [3.05, 3.63) is 202 Å². The fourth-order valence-corrected chi connectivity index (χ4v) is 9.01. The summed E-state index contributed by atoms with van der Waals surface area (Å²) >= 11 is 0. The predicted octanol–water partition coefficient (Wildman–Crippen LogP) is 11.2. The lowest BCUT2D eigenvalue weighted by Crippen LogP contribution is -2.37. The summed E-state index contributed by atoms with van der Waals surface area (Å²) in [5.74, 6) is 3.45. The maximum Gasteiger partial charge on any atom is 0.132 e. The molecule has 0 radical (unpaired) electrons. The molecule has 0 amide bonds. The molecule has 11 rings (SSSR count). The predicted molar refractivity (Wildman–Crippen MR) is 209 cm³/mol. The first-order valence-corrected chi connectivity index (χ1v) is 18.1. The Balaban J connectivity index is 1.15. The minimum absolute atomic E-state index is 0.656. The van der Waals surface area contributed by atoms with Crippen molar-refractivity contribution in [1.82, 2.24) is 9.88 Å².